The van der Waals surface area contributed by atoms with Gasteiger partial charge in [-0.2, -0.15) is 0 Å². The van der Waals surface area contributed by atoms with Crippen molar-refractivity contribution in [3.63, 3.8) is 0 Å². The number of allylic oxidation sites excluding steroid dienone is 4. The first-order valence-corrected chi connectivity index (χ1v) is 8.22. The predicted molar refractivity (Wildman–Crippen MR) is 89.9 cm³/mol. The molecule has 3 heteroatoms. The van der Waals surface area contributed by atoms with Crippen LogP contribution in [0.25, 0.3) is 0 Å². The number of nitrogens with zero attached hydrogens (tertiary/aromatic N) is 1. The number of hydrogen-bond acceptors (Lipinski definition) is 2. The van der Waals surface area contributed by atoms with Crippen LogP contribution in [0.5, 0.6) is 0 Å². The zero-order valence-electron chi connectivity index (χ0n) is 14.0. The van der Waals surface area contributed by atoms with Gasteiger partial charge < -0.3 is 0 Å². The molecule has 1 aliphatic heterocycles. The number of fused-ring (bicyclic) bond motifs is 5. The standard InChI is InChI=1S/C20H21NO2/c1-10(2)16-13-6-7-14(16)18-17(13)19(22)21(20(18)23)15-8-5-11(3)9-12(15)4/h5-9,13-14,17-18H,1-4H3/t13-,14-,17-,18+/m1/s1. The molecule has 1 aromatic rings. The molecular formula is C20H21NO2. The van der Waals surface area contributed by atoms with Gasteiger partial charge in [-0.1, -0.05) is 41.0 Å². The molecule has 3 aliphatic rings. The molecule has 1 aromatic carbocycles. The smallest absolute Gasteiger partial charge is 0.238 e. The Balaban J connectivity index is 1.79. The van der Waals surface area contributed by atoms with Gasteiger partial charge >= 0.3 is 0 Å². The summed E-state index contributed by atoms with van der Waals surface area (Å²) < 4.78 is 0. The molecule has 3 nitrogen and oxygen atoms in total. The Hall–Kier alpha value is -2.16. The van der Waals surface area contributed by atoms with E-state index in [0.29, 0.717) is 0 Å². The minimum atomic E-state index is -0.205. The van der Waals surface area contributed by atoms with Crippen molar-refractivity contribution in [3.8, 4) is 0 Å². The molecule has 0 radical (unpaired) electrons. The summed E-state index contributed by atoms with van der Waals surface area (Å²) in [5.74, 6) is -0.235. The van der Waals surface area contributed by atoms with Crippen molar-refractivity contribution >= 4 is 17.5 Å². The topological polar surface area (TPSA) is 37.4 Å². The van der Waals surface area contributed by atoms with Gasteiger partial charge in [0, 0.05) is 11.8 Å². The van der Waals surface area contributed by atoms with E-state index < -0.39 is 0 Å². The molecule has 1 saturated carbocycles. The fourth-order valence-corrected chi connectivity index (χ4v) is 4.72. The number of aryl methyl sites for hydroxylation is 2. The Labute approximate surface area is 136 Å². The summed E-state index contributed by atoms with van der Waals surface area (Å²) in [4.78, 5) is 27.5. The summed E-state index contributed by atoms with van der Waals surface area (Å²) >= 11 is 0. The van der Waals surface area contributed by atoms with Gasteiger partial charge in [0.15, 0.2) is 0 Å². The lowest BCUT2D eigenvalue weighted by atomic mass is 9.85. The van der Waals surface area contributed by atoms with Crippen LogP contribution in [0.4, 0.5) is 5.69 Å². The highest BCUT2D eigenvalue weighted by molar-refractivity contribution is 6.23. The molecule has 118 valence electrons. The van der Waals surface area contributed by atoms with Gasteiger partial charge in [0.2, 0.25) is 11.8 Å². The lowest BCUT2D eigenvalue weighted by Gasteiger charge is -2.21. The average molecular weight is 307 g/mol. The fraction of sp³-hybridized carbons (Fsp3) is 0.400. The molecule has 1 heterocycles. The van der Waals surface area contributed by atoms with Crippen molar-refractivity contribution in [2.24, 2.45) is 23.7 Å². The highest BCUT2D eigenvalue weighted by Gasteiger charge is 2.62. The van der Waals surface area contributed by atoms with E-state index in [9.17, 15) is 9.59 Å². The summed E-state index contributed by atoms with van der Waals surface area (Å²) in [6, 6.07) is 5.89. The first-order valence-electron chi connectivity index (χ1n) is 8.22. The van der Waals surface area contributed by atoms with E-state index in [1.807, 2.05) is 32.0 Å². The Morgan fingerprint density at radius 1 is 0.957 bits per heavy atom. The number of imide groups is 1. The number of benzene rings is 1. The van der Waals surface area contributed by atoms with Crippen LogP contribution in [-0.4, -0.2) is 11.8 Å². The maximum absolute atomic E-state index is 13.0. The SMILES string of the molecule is CC(C)=C1[C@H]2C=C[C@H]1[C@H]1C(=O)N(c3ccc(C)cc3C)C(=O)[C@H]12. The minimum Gasteiger partial charge on any atom is -0.274 e. The first kappa shape index (κ1) is 14.4. The van der Waals surface area contributed by atoms with Crippen molar-refractivity contribution in [1.29, 1.82) is 0 Å². The maximum atomic E-state index is 13.0. The molecule has 23 heavy (non-hydrogen) atoms. The number of carbonyl (C=O) groups excluding carboxylic acids is 2. The summed E-state index contributed by atoms with van der Waals surface area (Å²) in [6.07, 6.45) is 4.26. The van der Waals surface area contributed by atoms with Crippen LogP contribution in [0.1, 0.15) is 25.0 Å². The van der Waals surface area contributed by atoms with Crippen molar-refractivity contribution < 1.29 is 9.59 Å². The van der Waals surface area contributed by atoms with Gasteiger partial charge in [-0.05, 0) is 39.3 Å². The quantitative estimate of drug-likeness (QED) is 0.587. The van der Waals surface area contributed by atoms with Gasteiger partial charge in [0.25, 0.3) is 0 Å². The Kier molecular flexibility index (Phi) is 2.93. The largest absolute Gasteiger partial charge is 0.274 e. The van der Waals surface area contributed by atoms with Crippen LogP contribution >= 0.6 is 0 Å². The van der Waals surface area contributed by atoms with Crippen LogP contribution in [0.3, 0.4) is 0 Å². The third kappa shape index (κ3) is 1.76. The number of rotatable bonds is 1. The molecule has 4 atom stereocenters. The summed E-state index contributed by atoms with van der Waals surface area (Å²) in [7, 11) is 0. The van der Waals surface area contributed by atoms with Crippen LogP contribution in [-0.2, 0) is 9.59 Å². The van der Waals surface area contributed by atoms with E-state index in [4.69, 9.17) is 0 Å². The van der Waals surface area contributed by atoms with Crippen LogP contribution < -0.4 is 4.90 Å². The van der Waals surface area contributed by atoms with E-state index in [1.54, 1.807) is 0 Å². The van der Waals surface area contributed by atoms with Crippen LogP contribution in [0.2, 0.25) is 0 Å². The Bertz CT molecular complexity index is 764. The molecular weight excluding hydrogens is 286 g/mol. The number of anilines is 1. The number of hydrogen-bond donors (Lipinski definition) is 0. The zero-order valence-corrected chi connectivity index (χ0v) is 14.0. The number of carbonyl (C=O) groups is 2. The van der Waals surface area contributed by atoms with Crippen LogP contribution in [0.15, 0.2) is 41.5 Å². The van der Waals surface area contributed by atoms with E-state index in [2.05, 4.69) is 26.0 Å². The molecule has 0 aromatic heterocycles. The van der Waals surface area contributed by atoms with Gasteiger partial charge in [0.1, 0.15) is 0 Å². The maximum Gasteiger partial charge on any atom is 0.238 e. The molecule has 2 aliphatic carbocycles. The van der Waals surface area contributed by atoms with Gasteiger partial charge in [-0.15, -0.1) is 0 Å². The molecule has 0 N–H and O–H groups in total. The second-order valence-electron chi connectivity index (χ2n) is 7.25. The minimum absolute atomic E-state index is 0.0254. The highest BCUT2D eigenvalue weighted by atomic mass is 16.2. The second kappa shape index (κ2) is 4.67. The Morgan fingerprint density at radius 2 is 1.52 bits per heavy atom. The van der Waals surface area contributed by atoms with Gasteiger partial charge in [0.05, 0.1) is 17.5 Å². The number of amides is 2. The third-order valence-corrected chi connectivity index (χ3v) is 5.59. The van der Waals surface area contributed by atoms with E-state index >= 15 is 0 Å². The monoisotopic (exact) mass is 307 g/mol. The molecule has 2 amide bonds. The van der Waals surface area contributed by atoms with Crippen molar-refractivity contribution in [3.05, 3.63) is 52.6 Å². The summed E-state index contributed by atoms with van der Waals surface area (Å²) in [5.41, 5.74) is 5.41. The molecule has 0 spiro atoms. The second-order valence-corrected chi connectivity index (χ2v) is 7.25. The van der Waals surface area contributed by atoms with E-state index in [1.165, 1.54) is 16.0 Å². The van der Waals surface area contributed by atoms with Gasteiger partial charge in [-0.3, -0.25) is 9.59 Å². The molecule has 0 unspecified atom stereocenters. The fourth-order valence-electron chi connectivity index (χ4n) is 4.72. The lowest BCUT2D eigenvalue weighted by molar-refractivity contribution is -0.122. The lowest BCUT2D eigenvalue weighted by Crippen LogP contribution is -2.33. The van der Waals surface area contributed by atoms with Gasteiger partial charge in [-0.25, -0.2) is 4.90 Å². The predicted octanol–water partition coefficient (Wildman–Crippen LogP) is 3.56. The van der Waals surface area contributed by atoms with E-state index in [-0.39, 0.29) is 35.5 Å². The molecule has 1 saturated heterocycles. The van der Waals surface area contributed by atoms with Crippen molar-refractivity contribution in [1.82, 2.24) is 0 Å². The molecule has 2 fully saturated rings. The normalized spacial score (nSPS) is 31.3. The zero-order chi connectivity index (χ0) is 16.5. The van der Waals surface area contributed by atoms with Crippen molar-refractivity contribution in [2.45, 2.75) is 27.7 Å². The van der Waals surface area contributed by atoms with Crippen LogP contribution in [0, 0.1) is 37.5 Å². The average Bonchev–Trinajstić information content (AvgIpc) is 3.11. The molecule has 4 rings (SSSR count). The highest BCUT2D eigenvalue weighted by Crippen LogP contribution is 2.57. The molecule has 2 bridgehead atoms. The first-order chi connectivity index (χ1) is 10.9. The Morgan fingerprint density at radius 3 is 2.00 bits per heavy atom. The van der Waals surface area contributed by atoms with Crippen molar-refractivity contribution in [2.75, 3.05) is 4.90 Å². The summed E-state index contributed by atoms with van der Waals surface area (Å²) in [5, 5.41) is 0. The third-order valence-electron chi connectivity index (χ3n) is 5.59. The van der Waals surface area contributed by atoms with E-state index in [0.717, 1.165) is 16.8 Å². The summed E-state index contributed by atoms with van der Waals surface area (Å²) in [6.45, 7) is 8.15.